The summed E-state index contributed by atoms with van der Waals surface area (Å²) in [5, 5.41) is 8.25. The van der Waals surface area contributed by atoms with Gasteiger partial charge in [-0.25, -0.2) is 14.4 Å². The fourth-order valence-corrected chi connectivity index (χ4v) is 1.06. The number of likely N-dealkylation sites (N-methyl/N-ethyl adjacent to an activating group) is 1. The molecular weight excluding hydrogens is 218 g/mol. The van der Waals surface area contributed by atoms with Crippen molar-refractivity contribution in [2.75, 3.05) is 20.3 Å². The van der Waals surface area contributed by atoms with Crippen LogP contribution < -0.4 is 0 Å². The van der Waals surface area contributed by atoms with Gasteiger partial charge in [-0.05, 0) is 0 Å². The third-order valence-corrected chi connectivity index (χ3v) is 2.01. The van der Waals surface area contributed by atoms with Crippen molar-refractivity contribution in [2.45, 2.75) is 6.04 Å². The van der Waals surface area contributed by atoms with E-state index in [1.54, 1.807) is 0 Å². The molecular formula is C9H11NO6. The molecule has 1 atom stereocenters. The normalized spacial score (nSPS) is 19.9. The van der Waals surface area contributed by atoms with E-state index in [2.05, 4.69) is 0 Å². The zero-order valence-corrected chi connectivity index (χ0v) is 8.58. The Hall–Kier alpha value is -2.05. The third kappa shape index (κ3) is 3.26. The van der Waals surface area contributed by atoms with Crippen molar-refractivity contribution in [1.82, 2.24) is 4.90 Å². The van der Waals surface area contributed by atoms with Crippen LogP contribution in [0.2, 0.25) is 0 Å². The third-order valence-electron chi connectivity index (χ3n) is 2.01. The molecule has 1 saturated heterocycles. The van der Waals surface area contributed by atoms with E-state index in [0.717, 1.165) is 6.08 Å². The molecule has 7 heteroatoms. The first-order valence-corrected chi connectivity index (χ1v) is 4.48. The SMILES string of the molecule is CN1C(=O)OCC1COC(=O)/C=C/C(=O)O. The summed E-state index contributed by atoms with van der Waals surface area (Å²) in [6.07, 6.45) is 1.02. The minimum Gasteiger partial charge on any atom is -0.478 e. The zero-order chi connectivity index (χ0) is 12.1. The molecule has 0 spiro atoms. The lowest BCUT2D eigenvalue weighted by molar-refractivity contribution is -0.139. The molecule has 0 aliphatic carbocycles. The molecule has 1 heterocycles. The van der Waals surface area contributed by atoms with Crippen LogP contribution in [-0.2, 0) is 19.1 Å². The number of esters is 1. The van der Waals surface area contributed by atoms with Gasteiger partial charge in [-0.15, -0.1) is 0 Å². The number of nitrogens with zero attached hydrogens (tertiary/aromatic N) is 1. The van der Waals surface area contributed by atoms with Gasteiger partial charge in [-0.2, -0.15) is 0 Å². The number of aliphatic carboxylic acids is 1. The summed E-state index contributed by atoms with van der Waals surface area (Å²) in [5.41, 5.74) is 0. The number of rotatable bonds is 4. The molecule has 0 radical (unpaired) electrons. The Labute approximate surface area is 91.2 Å². The molecule has 88 valence electrons. The van der Waals surface area contributed by atoms with Gasteiger partial charge in [-0.3, -0.25) is 0 Å². The maximum absolute atomic E-state index is 11.0. The number of carboxylic acid groups (broad SMARTS) is 1. The van der Waals surface area contributed by atoms with Gasteiger partial charge >= 0.3 is 18.0 Å². The Kier molecular flexibility index (Phi) is 3.87. The van der Waals surface area contributed by atoms with Crippen molar-refractivity contribution in [3.05, 3.63) is 12.2 Å². The summed E-state index contributed by atoms with van der Waals surface area (Å²) in [6, 6.07) is -0.324. The standard InChI is InChI=1S/C9H11NO6/c1-10-6(5-16-9(10)14)4-15-8(13)3-2-7(11)12/h2-3,6H,4-5H2,1H3,(H,11,12)/b3-2+. The van der Waals surface area contributed by atoms with Crippen LogP contribution >= 0.6 is 0 Å². The highest BCUT2D eigenvalue weighted by molar-refractivity contribution is 5.90. The first-order chi connectivity index (χ1) is 7.50. The van der Waals surface area contributed by atoms with Crippen LogP contribution in [-0.4, -0.2) is 54.3 Å². The van der Waals surface area contributed by atoms with Crippen LogP contribution in [0.25, 0.3) is 0 Å². The summed E-state index contributed by atoms with van der Waals surface area (Å²) in [6.45, 7) is 0.135. The fraction of sp³-hybridized carbons (Fsp3) is 0.444. The quantitative estimate of drug-likeness (QED) is 0.521. The monoisotopic (exact) mass is 229 g/mol. The minimum absolute atomic E-state index is 0.0228. The molecule has 7 nitrogen and oxygen atoms in total. The predicted molar refractivity (Wildman–Crippen MR) is 50.6 cm³/mol. The topological polar surface area (TPSA) is 93.1 Å². The Morgan fingerprint density at radius 3 is 2.81 bits per heavy atom. The largest absolute Gasteiger partial charge is 0.478 e. The van der Waals surface area contributed by atoms with E-state index in [1.807, 2.05) is 0 Å². The first-order valence-electron chi connectivity index (χ1n) is 4.48. The highest BCUT2D eigenvalue weighted by atomic mass is 16.6. The summed E-state index contributed by atoms with van der Waals surface area (Å²) in [4.78, 5) is 33.3. The van der Waals surface area contributed by atoms with Gasteiger partial charge in [-0.1, -0.05) is 0 Å². The lowest BCUT2D eigenvalue weighted by Crippen LogP contribution is -2.33. The van der Waals surface area contributed by atoms with Crippen molar-refractivity contribution in [2.24, 2.45) is 0 Å². The lowest BCUT2D eigenvalue weighted by atomic mass is 10.3. The number of amides is 1. The average Bonchev–Trinajstić information content (AvgIpc) is 2.54. The van der Waals surface area contributed by atoms with Crippen LogP contribution in [0.15, 0.2) is 12.2 Å². The van der Waals surface area contributed by atoms with E-state index in [0.29, 0.717) is 6.08 Å². The maximum atomic E-state index is 11.0. The van der Waals surface area contributed by atoms with Gasteiger partial charge in [0.2, 0.25) is 0 Å². The maximum Gasteiger partial charge on any atom is 0.410 e. The molecule has 0 saturated carbocycles. The zero-order valence-electron chi connectivity index (χ0n) is 8.58. The van der Waals surface area contributed by atoms with Crippen LogP contribution in [0.4, 0.5) is 4.79 Å². The molecule has 1 unspecified atom stereocenters. The van der Waals surface area contributed by atoms with Gasteiger partial charge in [0.25, 0.3) is 0 Å². The molecule has 1 N–H and O–H groups in total. The molecule has 1 rings (SSSR count). The van der Waals surface area contributed by atoms with Crippen molar-refractivity contribution in [3.63, 3.8) is 0 Å². The van der Waals surface area contributed by atoms with Crippen molar-refractivity contribution >= 4 is 18.0 Å². The van der Waals surface area contributed by atoms with Crippen LogP contribution in [0.3, 0.4) is 0 Å². The fourth-order valence-electron chi connectivity index (χ4n) is 1.06. The van der Waals surface area contributed by atoms with Crippen LogP contribution in [0.5, 0.6) is 0 Å². The smallest absolute Gasteiger partial charge is 0.410 e. The summed E-state index contributed by atoms with van der Waals surface area (Å²) in [7, 11) is 1.53. The summed E-state index contributed by atoms with van der Waals surface area (Å²) >= 11 is 0. The van der Waals surface area contributed by atoms with Gasteiger partial charge in [0.15, 0.2) is 0 Å². The number of hydrogen-bond donors (Lipinski definition) is 1. The first kappa shape index (κ1) is 12.0. The molecule has 1 aliphatic heterocycles. The van der Waals surface area contributed by atoms with E-state index in [4.69, 9.17) is 14.6 Å². The van der Waals surface area contributed by atoms with E-state index in [-0.39, 0.29) is 19.3 Å². The number of carboxylic acids is 1. The summed E-state index contributed by atoms with van der Waals surface area (Å²) in [5.74, 6) is -2.00. The number of ether oxygens (including phenoxy) is 2. The van der Waals surface area contributed by atoms with Gasteiger partial charge in [0.05, 0.1) is 0 Å². The van der Waals surface area contributed by atoms with E-state index < -0.39 is 18.0 Å². The summed E-state index contributed by atoms with van der Waals surface area (Å²) < 4.78 is 9.42. The van der Waals surface area contributed by atoms with Gasteiger partial charge < -0.3 is 19.5 Å². The number of carbonyl (C=O) groups excluding carboxylic acids is 2. The van der Waals surface area contributed by atoms with E-state index in [9.17, 15) is 14.4 Å². The van der Waals surface area contributed by atoms with E-state index in [1.165, 1.54) is 11.9 Å². The van der Waals surface area contributed by atoms with Crippen LogP contribution in [0.1, 0.15) is 0 Å². The molecule has 16 heavy (non-hydrogen) atoms. The van der Waals surface area contributed by atoms with E-state index >= 15 is 0 Å². The second kappa shape index (κ2) is 5.15. The molecule has 1 amide bonds. The Bertz CT molecular complexity index is 337. The van der Waals surface area contributed by atoms with Crippen molar-refractivity contribution < 1.29 is 29.0 Å². The Morgan fingerprint density at radius 1 is 1.62 bits per heavy atom. The molecule has 0 bridgehead atoms. The Balaban J connectivity index is 2.32. The highest BCUT2D eigenvalue weighted by Crippen LogP contribution is 2.09. The minimum atomic E-state index is -1.23. The second-order valence-corrected chi connectivity index (χ2v) is 3.14. The van der Waals surface area contributed by atoms with Crippen molar-refractivity contribution in [3.8, 4) is 0 Å². The second-order valence-electron chi connectivity index (χ2n) is 3.14. The number of carbonyl (C=O) groups is 3. The van der Waals surface area contributed by atoms with Gasteiger partial charge in [0, 0.05) is 19.2 Å². The van der Waals surface area contributed by atoms with Gasteiger partial charge in [0.1, 0.15) is 19.3 Å². The highest BCUT2D eigenvalue weighted by Gasteiger charge is 2.30. The van der Waals surface area contributed by atoms with Crippen molar-refractivity contribution in [1.29, 1.82) is 0 Å². The molecule has 0 aromatic carbocycles. The average molecular weight is 229 g/mol. The molecule has 0 aromatic rings. The van der Waals surface area contributed by atoms with Crippen LogP contribution in [0, 0.1) is 0 Å². The number of hydrogen-bond acceptors (Lipinski definition) is 5. The number of cyclic esters (lactones) is 1. The Morgan fingerprint density at radius 2 is 2.31 bits per heavy atom. The molecule has 1 aliphatic rings. The lowest BCUT2D eigenvalue weighted by Gasteiger charge is -2.14. The predicted octanol–water partition coefficient (Wildman–Crippen LogP) is -0.379. The molecule has 0 aromatic heterocycles. The molecule has 1 fully saturated rings.